The fraction of sp³-hybridized carbons (Fsp3) is 0.671. The fourth-order valence-electron chi connectivity index (χ4n) is 13.3. The zero-order valence-corrected chi connectivity index (χ0v) is 66.3. The third kappa shape index (κ3) is 31.9. The number of carbonyl (C=O) groups is 12. The highest BCUT2D eigenvalue weighted by atomic mass is 16.6. The van der Waals surface area contributed by atoms with Crippen LogP contribution in [0.1, 0.15) is 164 Å². The second kappa shape index (κ2) is 49.7. The number of benzene rings is 2. The maximum absolute atomic E-state index is 14.0. The first-order valence-electron chi connectivity index (χ1n) is 37.9. The number of Topliss-reactive ketones (excluding diaryl/α,β-unsaturated/α-hetero) is 2. The SMILES string of the molecule is CCC(=O)N1CCC[C@H]1[C@H](OC)[C@@H](C)C(=O)N[C@@H](Cc1ccccc1)C(=O)OCCOCCOCCOC.CC[C@H](C)[C@@H]([C@@H](C)OC)N(C)C(=O)[C@@H](CC(=O)[C@H](C(C)C)N(C)C(=O)OCc1ccc(NC(=O)[C@H](CCCNC(N)=O)CC(=O)[C@@H](NC(=O)CCCCCN2C(=O)C=CC2=O)C(C)C)cc1)C(C)C. The van der Waals surface area contributed by atoms with Crippen molar-refractivity contribution in [3.63, 3.8) is 0 Å². The molecule has 0 spiro atoms. The minimum absolute atomic E-state index is 0.0483. The lowest BCUT2D eigenvalue weighted by molar-refractivity contribution is -0.150. The number of hydrogen-bond donors (Lipinski definition) is 5. The van der Waals surface area contributed by atoms with E-state index >= 15 is 0 Å². The van der Waals surface area contributed by atoms with Crippen LogP contribution in [-0.4, -0.2) is 228 Å². The molecule has 107 heavy (non-hydrogen) atoms. The van der Waals surface area contributed by atoms with Gasteiger partial charge in [0.2, 0.25) is 29.5 Å². The van der Waals surface area contributed by atoms with Crippen molar-refractivity contribution in [2.75, 3.05) is 100 Å². The summed E-state index contributed by atoms with van der Waals surface area (Å²) in [7, 11) is 8.06. The molecule has 6 N–H and O–H groups in total. The Morgan fingerprint density at radius 3 is 1.87 bits per heavy atom. The lowest BCUT2D eigenvalue weighted by Gasteiger charge is -2.39. The lowest BCUT2D eigenvalue weighted by atomic mass is 9.84. The number of likely N-dealkylation sites (N-methyl/N-ethyl adjacent to an activating group) is 2. The van der Waals surface area contributed by atoms with Crippen molar-refractivity contribution in [2.24, 2.45) is 47.2 Å². The number of nitrogens with two attached hydrogens (primary N) is 1. The number of hydrogen-bond acceptors (Lipinski definition) is 19. The molecule has 0 aliphatic carbocycles. The van der Waals surface area contributed by atoms with Crippen molar-refractivity contribution in [1.29, 1.82) is 0 Å². The molecule has 2 aromatic carbocycles. The summed E-state index contributed by atoms with van der Waals surface area (Å²) in [5, 5.41) is 11.0. The molecule has 0 saturated carbocycles. The molecule has 0 aromatic heterocycles. The molecule has 2 aliphatic heterocycles. The maximum Gasteiger partial charge on any atom is 0.410 e. The van der Waals surface area contributed by atoms with E-state index in [2.05, 4.69) is 35.1 Å². The monoisotopic (exact) mass is 1500 g/mol. The van der Waals surface area contributed by atoms with Gasteiger partial charge < -0.3 is 74.9 Å². The molecule has 11 atom stereocenters. The predicted molar refractivity (Wildman–Crippen MR) is 405 cm³/mol. The zero-order chi connectivity index (χ0) is 79.9. The largest absolute Gasteiger partial charge is 0.462 e. The molecule has 2 aromatic rings. The van der Waals surface area contributed by atoms with Gasteiger partial charge in [0.15, 0.2) is 11.6 Å². The highest BCUT2D eigenvalue weighted by molar-refractivity contribution is 6.12. The standard InChI is InChI=1S/C51H81N7O11.C28H44N2O8/c1-13-34(8)47(35(9)68-12)56(10)49(65)39(31(2)3)29-41(60)46(33(6)7)57(11)51(67)69-30-36-20-22-38(23-21-36)54-48(64)37(18-17-26-53-50(52)66)28-40(59)45(32(4)5)55-42(61)19-15-14-16-27-58-43(62)24-25-44(58)63;1-5-25(31)30-13-9-12-24(30)26(35-4)21(2)27(32)29-23(20-22-10-7-6-8-11-22)28(33)38-19-18-37-17-16-36-15-14-34-3/h20-25,31-35,37,39,45-47H,13-19,26-30H2,1-12H3,(H,54,64)(H,55,61)(H3,52,53,66);6-8,10-11,21,23-24,26H,5,9,12-20H2,1-4H3,(H,29,32)/t34-,35+,37+,39-,45-,46-,47-;21-,23+,24+,26-/m01/s1. The lowest BCUT2D eigenvalue weighted by Crippen LogP contribution is -2.52. The molecule has 1 fully saturated rings. The van der Waals surface area contributed by atoms with Gasteiger partial charge >= 0.3 is 18.1 Å². The van der Waals surface area contributed by atoms with Gasteiger partial charge in [-0.25, -0.2) is 14.4 Å². The molecule has 28 heteroatoms. The van der Waals surface area contributed by atoms with Crippen LogP contribution in [0.25, 0.3) is 0 Å². The van der Waals surface area contributed by atoms with Crippen molar-refractivity contribution in [1.82, 2.24) is 35.6 Å². The van der Waals surface area contributed by atoms with E-state index in [4.69, 9.17) is 38.9 Å². The molecule has 4 rings (SSSR count). The number of rotatable bonds is 49. The molecule has 28 nitrogen and oxygen atoms in total. The number of urea groups is 1. The Morgan fingerprint density at radius 1 is 0.664 bits per heavy atom. The maximum atomic E-state index is 14.0. The number of amides is 10. The molecule has 0 unspecified atom stereocenters. The zero-order valence-electron chi connectivity index (χ0n) is 66.3. The van der Waals surface area contributed by atoms with E-state index in [1.807, 2.05) is 76.8 Å². The number of unbranched alkanes of at least 4 members (excludes halogenated alkanes) is 2. The van der Waals surface area contributed by atoms with Gasteiger partial charge in [-0.2, -0.15) is 0 Å². The van der Waals surface area contributed by atoms with E-state index in [0.29, 0.717) is 76.3 Å². The van der Waals surface area contributed by atoms with Gasteiger partial charge in [-0.05, 0) is 92.4 Å². The summed E-state index contributed by atoms with van der Waals surface area (Å²) >= 11 is 0. The smallest absolute Gasteiger partial charge is 0.410 e. The van der Waals surface area contributed by atoms with E-state index in [-0.39, 0.29) is 154 Å². The highest BCUT2D eigenvalue weighted by Crippen LogP contribution is 2.30. The molecule has 0 bridgehead atoms. The van der Waals surface area contributed by atoms with Crippen LogP contribution in [0.5, 0.6) is 0 Å². The Balaban J connectivity index is 0.000000656. The summed E-state index contributed by atoms with van der Waals surface area (Å²) in [6, 6.07) is 12.4. The Morgan fingerprint density at radius 2 is 1.30 bits per heavy atom. The van der Waals surface area contributed by atoms with Gasteiger partial charge in [0, 0.05) is 117 Å². The first-order chi connectivity index (χ1) is 50.9. The molecular weight excluding hydrogens is 1380 g/mol. The van der Waals surface area contributed by atoms with Crippen molar-refractivity contribution < 1.29 is 90.7 Å². The quantitative estimate of drug-likeness (QED) is 0.0238. The normalized spacial score (nSPS) is 16.3. The summed E-state index contributed by atoms with van der Waals surface area (Å²) < 4.78 is 38.1. The van der Waals surface area contributed by atoms with E-state index in [0.717, 1.165) is 29.7 Å². The number of esters is 1. The van der Waals surface area contributed by atoms with Crippen LogP contribution in [0, 0.1) is 41.4 Å². The molecule has 2 aliphatic rings. The second-order valence-electron chi connectivity index (χ2n) is 28.7. The van der Waals surface area contributed by atoms with Gasteiger partial charge in [0.1, 0.15) is 19.3 Å². The second-order valence-corrected chi connectivity index (χ2v) is 28.7. The van der Waals surface area contributed by atoms with E-state index < -0.39 is 66.0 Å². The molecular formula is C79H125N9O19. The van der Waals surface area contributed by atoms with Crippen molar-refractivity contribution in [2.45, 2.75) is 209 Å². The number of imide groups is 1. The molecule has 0 radical (unpaired) electrons. The molecule has 10 amide bonds. The number of ether oxygens (including phenoxy) is 7. The summed E-state index contributed by atoms with van der Waals surface area (Å²) in [5.74, 6) is -5.54. The Kier molecular flexibility index (Phi) is 43.2. The van der Waals surface area contributed by atoms with Crippen molar-refractivity contribution in [3.8, 4) is 0 Å². The first-order valence-corrected chi connectivity index (χ1v) is 37.9. The van der Waals surface area contributed by atoms with Gasteiger partial charge in [-0.15, -0.1) is 0 Å². The van der Waals surface area contributed by atoms with Crippen LogP contribution in [0.3, 0.4) is 0 Å². The number of nitrogens with zero attached hydrogens (tertiary/aromatic N) is 4. The van der Waals surface area contributed by atoms with Gasteiger partial charge in [0.05, 0.1) is 75.3 Å². The summed E-state index contributed by atoms with van der Waals surface area (Å²) in [6.45, 7) is 23.9. The highest BCUT2D eigenvalue weighted by Gasteiger charge is 2.42. The molecule has 1 saturated heterocycles. The summed E-state index contributed by atoms with van der Waals surface area (Å²) in [6.07, 6.45) is 6.32. The van der Waals surface area contributed by atoms with Crippen LogP contribution in [0.15, 0.2) is 66.7 Å². The average Bonchev–Trinajstić information content (AvgIpc) is 1.77. The first kappa shape index (κ1) is 93.0. The van der Waals surface area contributed by atoms with Gasteiger partial charge in [-0.1, -0.05) is 125 Å². The van der Waals surface area contributed by atoms with Crippen molar-refractivity contribution >= 4 is 76.7 Å². The van der Waals surface area contributed by atoms with Crippen molar-refractivity contribution in [3.05, 3.63) is 77.9 Å². The van der Waals surface area contributed by atoms with Crippen LogP contribution in [0.2, 0.25) is 0 Å². The predicted octanol–water partition coefficient (Wildman–Crippen LogP) is 8.00. The molecule has 2 heterocycles. The third-order valence-electron chi connectivity index (χ3n) is 19.7. The van der Waals surface area contributed by atoms with Crippen LogP contribution in [-0.2, 0) is 94.1 Å². The summed E-state index contributed by atoms with van der Waals surface area (Å²) in [4.78, 5) is 161. The number of methoxy groups -OCH3 is 3. The minimum Gasteiger partial charge on any atom is -0.462 e. The minimum atomic E-state index is -0.876. The number of likely N-dealkylation sites (tertiary alicyclic amines) is 1. The third-order valence-corrected chi connectivity index (χ3v) is 19.7. The summed E-state index contributed by atoms with van der Waals surface area (Å²) in [5.41, 5.74) is 7.14. The number of ketones is 2. The Labute approximate surface area is 634 Å². The Bertz CT molecular complexity index is 3120. The number of anilines is 1. The van der Waals surface area contributed by atoms with Crippen LogP contribution >= 0.6 is 0 Å². The van der Waals surface area contributed by atoms with E-state index in [1.54, 1.807) is 78.3 Å². The molecule has 600 valence electrons. The van der Waals surface area contributed by atoms with E-state index in [9.17, 15) is 57.5 Å². The van der Waals surface area contributed by atoms with E-state index in [1.165, 1.54) is 24.1 Å². The van der Waals surface area contributed by atoms with Gasteiger partial charge in [0.25, 0.3) is 11.8 Å². The van der Waals surface area contributed by atoms with Gasteiger partial charge in [-0.3, -0.25) is 48.1 Å². The average molecular weight is 1500 g/mol. The Hall–Kier alpha value is -8.18. The van der Waals surface area contributed by atoms with Crippen LogP contribution < -0.4 is 27.0 Å². The fourth-order valence-corrected chi connectivity index (χ4v) is 13.3. The number of nitrogens with one attached hydrogen (secondary N) is 4. The van der Waals surface area contributed by atoms with Crippen LogP contribution in [0.4, 0.5) is 15.3 Å². The number of primary amides is 1. The number of carbonyl (C=O) groups excluding carboxylic acids is 12. The topological polar surface area (TPSA) is 357 Å².